The lowest BCUT2D eigenvalue weighted by atomic mass is 10.2. The Hall–Kier alpha value is -1.56. The fraction of sp³-hybridized carbons (Fsp3) is 0.562. The van der Waals surface area contributed by atoms with Gasteiger partial charge in [0.25, 0.3) is 0 Å². The molecule has 1 aromatic rings. The maximum Gasteiger partial charge on any atom is 0.231 e. The van der Waals surface area contributed by atoms with Gasteiger partial charge in [0.2, 0.25) is 6.79 Å². The normalized spacial score (nSPS) is 20.1. The van der Waals surface area contributed by atoms with Crippen LogP contribution in [0.5, 0.6) is 11.5 Å². The van der Waals surface area contributed by atoms with E-state index in [1.165, 1.54) is 0 Å². The van der Waals surface area contributed by atoms with Gasteiger partial charge < -0.3 is 19.7 Å². The highest BCUT2D eigenvalue weighted by Gasteiger charge is 2.28. The highest BCUT2D eigenvalue weighted by molar-refractivity contribution is 8.00. The Kier molecular flexibility index (Phi) is 4.38. The third kappa shape index (κ3) is 3.43. The van der Waals surface area contributed by atoms with Crippen molar-refractivity contribution in [3.63, 3.8) is 0 Å². The van der Waals surface area contributed by atoms with Crippen LogP contribution in [-0.2, 0) is 6.54 Å². The molecule has 2 aliphatic rings. The van der Waals surface area contributed by atoms with Gasteiger partial charge in [0.05, 0.1) is 0 Å². The van der Waals surface area contributed by atoms with Crippen LogP contribution in [0.1, 0.15) is 19.4 Å². The van der Waals surface area contributed by atoms with Crippen LogP contribution >= 0.6 is 11.8 Å². The molecule has 22 heavy (non-hydrogen) atoms. The van der Waals surface area contributed by atoms with E-state index >= 15 is 0 Å². The molecular formula is C16H23N3O2S. The van der Waals surface area contributed by atoms with Crippen molar-refractivity contribution in [3.8, 4) is 11.5 Å². The summed E-state index contributed by atoms with van der Waals surface area (Å²) in [7, 11) is 1.84. The average molecular weight is 321 g/mol. The number of hydrogen-bond donors (Lipinski definition) is 1. The lowest BCUT2D eigenvalue weighted by Crippen LogP contribution is -2.50. The molecule has 0 unspecified atom stereocenters. The second kappa shape index (κ2) is 6.28. The first-order chi connectivity index (χ1) is 10.6. The van der Waals surface area contributed by atoms with Gasteiger partial charge in [0, 0.05) is 37.2 Å². The number of rotatable bonds is 2. The van der Waals surface area contributed by atoms with Crippen LogP contribution in [0, 0.1) is 0 Å². The van der Waals surface area contributed by atoms with Crippen LogP contribution in [0.3, 0.4) is 0 Å². The molecule has 2 heterocycles. The second-order valence-corrected chi connectivity index (χ2v) is 7.92. The molecule has 1 aromatic carbocycles. The number of thioether (sulfide) groups is 1. The average Bonchev–Trinajstić information content (AvgIpc) is 2.94. The van der Waals surface area contributed by atoms with Gasteiger partial charge in [-0.2, -0.15) is 11.8 Å². The summed E-state index contributed by atoms with van der Waals surface area (Å²) < 4.78 is 11.0. The summed E-state index contributed by atoms with van der Waals surface area (Å²) in [6.45, 7) is 7.67. The Morgan fingerprint density at radius 2 is 2.18 bits per heavy atom. The molecule has 5 nitrogen and oxygen atoms in total. The Morgan fingerprint density at radius 1 is 1.36 bits per heavy atom. The monoisotopic (exact) mass is 321 g/mol. The van der Waals surface area contributed by atoms with Crippen LogP contribution in [0.2, 0.25) is 0 Å². The molecule has 3 rings (SSSR count). The third-order valence-electron chi connectivity index (χ3n) is 3.82. The first kappa shape index (κ1) is 15.3. The number of guanidine groups is 1. The van der Waals surface area contributed by atoms with E-state index < -0.39 is 0 Å². The van der Waals surface area contributed by atoms with Gasteiger partial charge in [-0.3, -0.25) is 4.99 Å². The van der Waals surface area contributed by atoms with E-state index in [1.807, 2.05) is 30.9 Å². The number of aliphatic imine (C=N–C) groups is 1. The molecule has 120 valence electrons. The minimum atomic E-state index is 0.272. The van der Waals surface area contributed by atoms with Gasteiger partial charge in [0.15, 0.2) is 17.5 Å². The van der Waals surface area contributed by atoms with Crippen LogP contribution in [-0.4, -0.2) is 48.3 Å². The largest absolute Gasteiger partial charge is 0.454 e. The van der Waals surface area contributed by atoms with Crippen molar-refractivity contribution >= 4 is 17.7 Å². The molecule has 0 amide bonds. The molecule has 1 N–H and O–H groups in total. The molecule has 1 saturated heterocycles. The summed E-state index contributed by atoms with van der Waals surface area (Å²) in [5, 5.41) is 3.45. The van der Waals surface area contributed by atoms with Gasteiger partial charge in [-0.1, -0.05) is 6.07 Å². The van der Waals surface area contributed by atoms with Gasteiger partial charge >= 0.3 is 0 Å². The van der Waals surface area contributed by atoms with E-state index in [0.717, 1.165) is 48.4 Å². The molecule has 6 heteroatoms. The summed E-state index contributed by atoms with van der Waals surface area (Å²) in [6.07, 6.45) is 0. The Balaban J connectivity index is 1.62. The lowest BCUT2D eigenvalue weighted by Gasteiger charge is -2.39. The van der Waals surface area contributed by atoms with Gasteiger partial charge in [-0.05, 0) is 31.5 Å². The molecule has 0 spiro atoms. The van der Waals surface area contributed by atoms with E-state index in [-0.39, 0.29) is 4.75 Å². The Labute approximate surface area is 136 Å². The molecule has 0 radical (unpaired) electrons. The van der Waals surface area contributed by atoms with Crippen molar-refractivity contribution in [2.45, 2.75) is 25.1 Å². The fourth-order valence-corrected chi connectivity index (χ4v) is 3.87. The SMILES string of the molecule is CN=C(NCc1ccc2c(c1)OCO2)N1CCSC(C)(C)C1. The first-order valence-electron chi connectivity index (χ1n) is 7.55. The summed E-state index contributed by atoms with van der Waals surface area (Å²) in [6, 6.07) is 6.05. The highest BCUT2D eigenvalue weighted by Crippen LogP contribution is 2.32. The molecule has 1 fully saturated rings. The zero-order chi connectivity index (χ0) is 15.6. The van der Waals surface area contributed by atoms with E-state index in [0.29, 0.717) is 6.79 Å². The Bertz CT molecular complexity index is 575. The van der Waals surface area contributed by atoms with E-state index in [4.69, 9.17) is 9.47 Å². The number of ether oxygens (including phenoxy) is 2. The summed E-state index contributed by atoms with van der Waals surface area (Å²) in [5.41, 5.74) is 1.16. The number of fused-ring (bicyclic) bond motifs is 1. The molecule has 2 aliphatic heterocycles. The molecule has 0 atom stereocenters. The summed E-state index contributed by atoms with van der Waals surface area (Å²) in [5.74, 6) is 3.75. The van der Waals surface area contributed by atoms with Crippen molar-refractivity contribution < 1.29 is 9.47 Å². The lowest BCUT2D eigenvalue weighted by molar-refractivity contribution is 0.174. The van der Waals surface area contributed by atoms with E-state index in [9.17, 15) is 0 Å². The predicted octanol–water partition coefficient (Wildman–Crippen LogP) is 2.32. The number of hydrogen-bond acceptors (Lipinski definition) is 4. The van der Waals surface area contributed by atoms with Crippen molar-refractivity contribution in [1.29, 1.82) is 0 Å². The zero-order valence-electron chi connectivity index (χ0n) is 13.4. The first-order valence-corrected chi connectivity index (χ1v) is 8.54. The predicted molar refractivity (Wildman–Crippen MR) is 90.9 cm³/mol. The third-order valence-corrected chi connectivity index (χ3v) is 5.12. The summed E-state index contributed by atoms with van der Waals surface area (Å²) >= 11 is 2.03. The quantitative estimate of drug-likeness (QED) is 0.669. The topological polar surface area (TPSA) is 46.1 Å². The number of benzene rings is 1. The Morgan fingerprint density at radius 3 is 2.95 bits per heavy atom. The minimum absolute atomic E-state index is 0.272. The molecule has 0 aromatic heterocycles. The van der Waals surface area contributed by atoms with Crippen LogP contribution in [0.4, 0.5) is 0 Å². The minimum Gasteiger partial charge on any atom is -0.454 e. The van der Waals surface area contributed by atoms with Gasteiger partial charge in [-0.15, -0.1) is 0 Å². The van der Waals surface area contributed by atoms with Crippen LogP contribution < -0.4 is 14.8 Å². The molecule has 0 saturated carbocycles. The zero-order valence-corrected chi connectivity index (χ0v) is 14.2. The van der Waals surface area contributed by atoms with E-state index in [2.05, 4.69) is 35.1 Å². The second-order valence-electron chi connectivity index (χ2n) is 6.12. The van der Waals surface area contributed by atoms with Crippen molar-refractivity contribution in [3.05, 3.63) is 23.8 Å². The maximum atomic E-state index is 5.42. The molecule has 0 bridgehead atoms. The number of nitrogens with one attached hydrogen (secondary N) is 1. The van der Waals surface area contributed by atoms with Crippen LogP contribution in [0.15, 0.2) is 23.2 Å². The van der Waals surface area contributed by atoms with Crippen molar-refractivity contribution in [2.75, 3.05) is 32.7 Å². The summed E-state index contributed by atoms with van der Waals surface area (Å²) in [4.78, 5) is 6.77. The van der Waals surface area contributed by atoms with Crippen molar-refractivity contribution in [2.24, 2.45) is 4.99 Å². The number of nitrogens with zero attached hydrogens (tertiary/aromatic N) is 2. The van der Waals surface area contributed by atoms with E-state index in [1.54, 1.807) is 0 Å². The molecular weight excluding hydrogens is 298 g/mol. The maximum absolute atomic E-state index is 5.42. The van der Waals surface area contributed by atoms with Crippen molar-refractivity contribution in [1.82, 2.24) is 10.2 Å². The standard InChI is InChI=1S/C16H23N3O2S/c1-16(2)10-19(6-7-22-16)15(17-3)18-9-12-4-5-13-14(8-12)21-11-20-13/h4-5,8H,6-7,9-11H2,1-3H3,(H,17,18). The van der Waals surface area contributed by atoms with Gasteiger partial charge in [0.1, 0.15) is 0 Å². The van der Waals surface area contributed by atoms with Gasteiger partial charge in [-0.25, -0.2) is 0 Å². The highest BCUT2D eigenvalue weighted by atomic mass is 32.2. The smallest absolute Gasteiger partial charge is 0.231 e. The molecule has 0 aliphatic carbocycles. The fourth-order valence-electron chi connectivity index (χ4n) is 2.76. The van der Waals surface area contributed by atoms with Crippen LogP contribution in [0.25, 0.3) is 0 Å².